The molecule has 0 aromatic heterocycles. The van der Waals surface area contributed by atoms with Crippen LogP contribution in [0, 0.1) is 19.7 Å². The summed E-state index contributed by atoms with van der Waals surface area (Å²) in [6, 6.07) is 12.0. The quantitative estimate of drug-likeness (QED) is 0.885. The minimum absolute atomic E-state index is 0.111. The molecular formula is C18H22FNO. The highest BCUT2D eigenvalue weighted by molar-refractivity contribution is 5.32. The van der Waals surface area contributed by atoms with E-state index in [9.17, 15) is 4.39 Å². The molecule has 2 aromatic carbocycles. The van der Waals surface area contributed by atoms with E-state index < -0.39 is 0 Å². The van der Waals surface area contributed by atoms with Crippen LogP contribution in [0.15, 0.2) is 36.4 Å². The van der Waals surface area contributed by atoms with Gasteiger partial charge in [0.15, 0.2) is 0 Å². The molecule has 21 heavy (non-hydrogen) atoms. The van der Waals surface area contributed by atoms with Gasteiger partial charge in [-0.3, -0.25) is 0 Å². The second-order valence-corrected chi connectivity index (χ2v) is 5.42. The number of hydrogen-bond acceptors (Lipinski definition) is 2. The highest BCUT2D eigenvalue weighted by atomic mass is 19.1. The lowest BCUT2D eigenvalue weighted by Crippen LogP contribution is -2.18. The molecule has 0 bridgehead atoms. The van der Waals surface area contributed by atoms with Crippen LogP contribution in [0.3, 0.4) is 0 Å². The van der Waals surface area contributed by atoms with Crippen molar-refractivity contribution < 1.29 is 9.13 Å². The zero-order valence-electron chi connectivity index (χ0n) is 13.0. The second-order valence-electron chi connectivity index (χ2n) is 5.42. The predicted octanol–water partition coefficient (Wildman–Crippen LogP) is 4.30. The van der Waals surface area contributed by atoms with Crippen molar-refractivity contribution >= 4 is 0 Å². The van der Waals surface area contributed by atoms with Crippen molar-refractivity contribution in [3.05, 3.63) is 64.5 Å². The number of halogens is 1. The summed E-state index contributed by atoms with van der Waals surface area (Å²) in [4.78, 5) is 0. The standard InChI is InChI=1S/C18H22FNO/c1-12-8-15(9-13(2)18(12)19)11-20-14(3)16-6-5-7-17(10-16)21-4/h5-10,14,20H,11H2,1-4H3. The molecule has 1 N–H and O–H groups in total. The maximum Gasteiger partial charge on any atom is 0.129 e. The van der Waals surface area contributed by atoms with Crippen LogP contribution in [-0.2, 0) is 6.54 Å². The Morgan fingerprint density at radius 1 is 1.14 bits per heavy atom. The molecule has 0 radical (unpaired) electrons. The Balaban J connectivity index is 2.05. The van der Waals surface area contributed by atoms with Crippen LogP contribution in [0.5, 0.6) is 5.75 Å². The zero-order chi connectivity index (χ0) is 15.4. The summed E-state index contributed by atoms with van der Waals surface area (Å²) in [5.74, 6) is 0.745. The first kappa shape index (κ1) is 15.5. The van der Waals surface area contributed by atoms with Gasteiger partial charge in [-0.05, 0) is 55.2 Å². The summed E-state index contributed by atoms with van der Waals surface area (Å²) in [6.45, 7) is 6.42. The lowest BCUT2D eigenvalue weighted by Gasteiger charge is -2.16. The average molecular weight is 287 g/mol. The van der Waals surface area contributed by atoms with Crippen molar-refractivity contribution in [2.45, 2.75) is 33.4 Å². The second kappa shape index (κ2) is 6.72. The van der Waals surface area contributed by atoms with Gasteiger partial charge in [0.25, 0.3) is 0 Å². The summed E-state index contributed by atoms with van der Waals surface area (Å²) in [7, 11) is 1.67. The fraction of sp³-hybridized carbons (Fsp3) is 0.333. The fourth-order valence-corrected chi connectivity index (χ4v) is 2.44. The van der Waals surface area contributed by atoms with Crippen molar-refractivity contribution in [3.8, 4) is 5.75 Å². The first-order chi connectivity index (χ1) is 10.0. The summed E-state index contributed by atoms with van der Waals surface area (Å²) in [5.41, 5.74) is 3.66. The molecule has 112 valence electrons. The molecule has 0 heterocycles. The van der Waals surface area contributed by atoms with Crippen LogP contribution in [0.4, 0.5) is 4.39 Å². The maximum absolute atomic E-state index is 13.6. The Morgan fingerprint density at radius 3 is 2.43 bits per heavy atom. The molecule has 0 amide bonds. The van der Waals surface area contributed by atoms with Crippen LogP contribution >= 0.6 is 0 Å². The average Bonchev–Trinajstić information content (AvgIpc) is 2.50. The number of nitrogens with one attached hydrogen (secondary N) is 1. The molecule has 3 heteroatoms. The third-order valence-corrected chi connectivity index (χ3v) is 3.70. The molecule has 0 aliphatic carbocycles. The Hall–Kier alpha value is -1.87. The Morgan fingerprint density at radius 2 is 1.81 bits per heavy atom. The smallest absolute Gasteiger partial charge is 0.129 e. The molecule has 0 spiro atoms. The zero-order valence-corrected chi connectivity index (χ0v) is 13.0. The van der Waals surface area contributed by atoms with E-state index in [2.05, 4.69) is 18.3 Å². The SMILES string of the molecule is COc1cccc(C(C)NCc2cc(C)c(F)c(C)c2)c1. The van der Waals surface area contributed by atoms with Gasteiger partial charge in [0.2, 0.25) is 0 Å². The van der Waals surface area contributed by atoms with Crippen molar-refractivity contribution in [1.82, 2.24) is 5.32 Å². The van der Waals surface area contributed by atoms with E-state index >= 15 is 0 Å². The summed E-state index contributed by atoms with van der Waals surface area (Å²) < 4.78 is 18.9. The van der Waals surface area contributed by atoms with E-state index in [1.54, 1.807) is 21.0 Å². The topological polar surface area (TPSA) is 21.3 Å². The number of hydrogen-bond donors (Lipinski definition) is 1. The molecule has 0 aliphatic rings. The van der Waals surface area contributed by atoms with Gasteiger partial charge in [0.05, 0.1) is 7.11 Å². The molecule has 1 atom stereocenters. The van der Waals surface area contributed by atoms with Gasteiger partial charge in [-0.25, -0.2) is 4.39 Å². The van der Waals surface area contributed by atoms with E-state index in [0.717, 1.165) is 11.3 Å². The third kappa shape index (κ3) is 3.82. The van der Waals surface area contributed by atoms with Gasteiger partial charge >= 0.3 is 0 Å². The highest BCUT2D eigenvalue weighted by Gasteiger charge is 2.08. The summed E-state index contributed by atoms with van der Waals surface area (Å²) in [6.07, 6.45) is 0. The normalized spacial score (nSPS) is 12.2. The minimum Gasteiger partial charge on any atom is -0.497 e. The molecule has 0 saturated carbocycles. The molecule has 2 rings (SSSR count). The van der Waals surface area contributed by atoms with Gasteiger partial charge in [0, 0.05) is 12.6 Å². The molecule has 2 nitrogen and oxygen atoms in total. The van der Waals surface area contributed by atoms with Gasteiger partial charge in [-0.15, -0.1) is 0 Å². The van der Waals surface area contributed by atoms with Crippen LogP contribution in [-0.4, -0.2) is 7.11 Å². The van der Waals surface area contributed by atoms with Gasteiger partial charge in [-0.1, -0.05) is 24.3 Å². The minimum atomic E-state index is -0.111. The van der Waals surface area contributed by atoms with E-state index in [1.165, 1.54) is 5.56 Å². The Bertz CT molecular complexity index is 601. The maximum atomic E-state index is 13.6. The van der Waals surface area contributed by atoms with Gasteiger partial charge in [0.1, 0.15) is 11.6 Å². The number of aryl methyl sites for hydroxylation is 2. The lowest BCUT2D eigenvalue weighted by atomic mass is 10.0. The Kier molecular flexibility index (Phi) is 4.97. The predicted molar refractivity (Wildman–Crippen MR) is 84.1 cm³/mol. The van der Waals surface area contributed by atoms with E-state index in [-0.39, 0.29) is 11.9 Å². The van der Waals surface area contributed by atoms with Crippen LogP contribution in [0.25, 0.3) is 0 Å². The first-order valence-electron chi connectivity index (χ1n) is 7.14. The monoisotopic (exact) mass is 287 g/mol. The molecule has 0 aliphatic heterocycles. The highest BCUT2D eigenvalue weighted by Crippen LogP contribution is 2.20. The summed E-state index contributed by atoms with van der Waals surface area (Å²) in [5, 5.41) is 3.46. The molecular weight excluding hydrogens is 265 g/mol. The molecule has 0 saturated heterocycles. The van der Waals surface area contributed by atoms with Crippen LogP contribution in [0.2, 0.25) is 0 Å². The van der Waals surface area contributed by atoms with Crippen molar-refractivity contribution in [2.24, 2.45) is 0 Å². The van der Waals surface area contributed by atoms with Gasteiger partial charge in [-0.2, -0.15) is 0 Å². The van der Waals surface area contributed by atoms with Crippen molar-refractivity contribution in [1.29, 1.82) is 0 Å². The largest absolute Gasteiger partial charge is 0.497 e. The van der Waals surface area contributed by atoms with E-state index in [4.69, 9.17) is 4.74 Å². The first-order valence-corrected chi connectivity index (χ1v) is 7.14. The number of ether oxygens (including phenoxy) is 1. The molecule has 0 fully saturated rings. The van der Waals surface area contributed by atoms with Crippen molar-refractivity contribution in [3.63, 3.8) is 0 Å². The van der Waals surface area contributed by atoms with Crippen LogP contribution < -0.4 is 10.1 Å². The lowest BCUT2D eigenvalue weighted by molar-refractivity contribution is 0.413. The number of rotatable bonds is 5. The van der Waals surface area contributed by atoms with Crippen LogP contribution in [0.1, 0.15) is 35.2 Å². The molecule has 2 aromatic rings. The molecule has 1 unspecified atom stereocenters. The Labute approximate surface area is 126 Å². The number of methoxy groups -OCH3 is 1. The van der Waals surface area contributed by atoms with E-state index in [0.29, 0.717) is 17.7 Å². The van der Waals surface area contributed by atoms with E-state index in [1.807, 2.05) is 30.3 Å². The van der Waals surface area contributed by atoms with Crippen molar-refractivity contribution in [2.75, 3.05) is 7.11 Å². The van der Waals surface area contributed by atoms with Gasteiger partial charge < -0.3 is 10.1 Å². The third-order valence-electron chi connectivity index (χ3n) is 3.70. The number of benzene rings is 2. The fourth-order valence-electron chi connectivity index (χ4n) is 2.44. The summed E-state index contributed by atoms with van der Waals surface area (Å²) >= 11 is 0.